The molecule has 1 N–H and O–H groups in total. The van der Waals surface area contributed by atoms with E-state index in [9.17, 15) is 0 Å². The summed E-state index contributed by atoms with van der Waals surface area (Å²) in [5.74, 6) is 0. The maximum atomic E-state index is 3.83. The fourth-order valence-corrected chi connectivity index (χ4v) is 4.57. The molecule has 1 unspecified atom stereocenters. The molecule has 1 spiro atoms. The second kappa shape index (κ2) is 6.80. The van der Waals surface area contributed by atoms with Crippen molar-refractivity contribution in [3.63, 3.8) is 0 Å². The van der Waals surface area contributed by atoms with E-state index >= 15 is 0 Å². The first-order valence-corrected chi connectivity index (χ1v) is 9.24. The van der Waals surface area contributed by atoms with Crippen molar-refractivity contribution in [3.05, 3.63) is 34.3 Å². The smallest absolute Gasteiger partial charge is 0.0338 e. The summed E-state index contributed by atoms with van der Waals surface area (Å²) in [6.07, 6.45) is 8.10. The minimum absolute atomic E-state index is 0.423. The maximum absolute atomic E-state index is 3.83. The van der Waals surface area contributed by atoms with Crippen molar-refractivity contribution in [1.82, 2.24) is 10.2 Å². The fraction of sp³-hybridized carbons (Fsp3) is 0.667. The van der Waals surface area contributed by atoms with Crippen molar-refractivity contribution in [2.75, 3.05) is 13.1 Å². The van der Waals surface area contributed by atoms with E-state index in [4.69, 9.17) is 0 Å². The highest BCUT2D eigenvalue weighted by Crippen LogP contribution is 2.38. The lowest BCUT2D eigenvalue weighted by atomic mass is 9.89. The molecule has 2 aliphatic rings. The first kappa shape index (κ1) is 15.5. The summed E-state index contributed by atoms with van der Waals surface area (Å²) in [6.45, 7) is 5.79. The van der Waals surface area contributed by atoms with Gasteiger partial charge in [-0.3, -0.25) is 4.90 Å². The number of hydrogen-bond donors (Lipinski definition) is 1. The van der Waals surface area contributed by atoms with Gasteiger partial charge in [0.1, 0.15) is 0 Å². The predicted molar refractivity (Wildman–Crippen MR) is 92.4 cm³/mol. The maximum Gasteiger partial charge on any atom is 0.0338 e. The molecular weight excluding hydrogens is 324 g/mol. The zero-order chi connectivity index (χ0) is 14.7. The van der Waals surface area contributed by atoms with Gasteiger partial charge >= 0.3 is 0 Å². The molecule has 1 saturated carbocycles. The Morgan fingerprint density at radius 1 is 1.33 bits per heavy atom. The summed E-state index contributed by atoms with van der Waals surface area (Å²) in [4.78, 5) is 2.79. The number of nitrogens with one attached hydrogen (secondary N) is 1. The molecule has 21 heavy (non-hydrogen) atoms. The van der Waals surface area contributed by atoms with Gasteiger partial charge in [0.25, 0.3) is 0 Å². The number of nitrogens with zero attached hydrogens (tertiary/aromatic N) is 1. The molecule has 0 bridgehead atoms. The van der Waals surface area contributed by atoms with Gasteiger partial charge in [-0.15, -0.1) is 0 Å². The second-order valence-corrected chi connectivity index (χ2v) is 7.72. The van der Waals surface area contributed by atoms with Crippen molar-refractivity contribution >= 4 is 15.9 Å². The quantitative estimate of drug-likeness (QED) is 0.868. The molecule has 1 saturated heterocycles. The molecule has 0 amide bonds. The predicted octanol–water partition coefficient (Wildman–Crippen LogP) is 4.34. The van der Waals surface area contributed by atoms with Gasteiger partial charge < -0.3 is 5.32 Å². The average Bonchev–Trinajstić information content (AvgIpc) is 2.93. The summed E-state index contributed by atoms with van der Waals surface area (Å²) < 4.78 is 1.20. The third-order valence-corrected chi connectivity index (χ3v) is 5.76. The number of piperazine rings is 1. The van der Waals surface area contributed by atoms with Crippen LogP contribution >= 0.6 is 15.9 Å². The molecule has 1 aromatic carbocycles. The normalized spacial score (nSPS) is 25.5. The van der Waals surface area contributed by atoms with Gasteiger partial charge in [-0.05, 0) is 37.0 Å². The highest BCUT2D eigenvalue weighted by molar-refractivity contribution is 9.10. The Kier molecular flexibility index (Phi) is 5.03. The van der Waals surface area contributed by atoms with Gasteiger partial charge in [-0.25, -0.2) is 0 Å². The third kappa shape index (κ3) is 3.52. The van der Waals surface area contributed by atoms with Gasteiger partial charge in [0.2, 0.25) is 0 Å². The second-order valence-electron chi connectivity index (χ2n) is 6.81. The minimum atomic E-state index is 0.423. The van der Waals surface area contributed by atoms with E-state index in [0.29, 0.717) is 11.6 Å². The first-order valence-electron chi connectivity index (χ1n) is 8.45. The monoisotopic (exact) mass is 350 g/mol. The van der Waals surface area contributed by atoms with Crippen LogP contribution in [0.4, 0.5) is 0 Å². The summed E-state index contributed by atoms with van der Waals surface area (Å²) >= 11 is 3.61. The number of halogens is 1. The summed E-state index contributed by atoms with van der Waals surface area (Å²) in [6, 6.07) is 9.50. The minimum Gasteiger partial charge on any atom is -0.311 e. The molecule has 1 aliphatic carbocycles. The summed E-state index contributed by atoms with van der Waals surface area (Å²) in [5, 5.41) is 3.83. The molecule has 2 fully saturated rings. The zero-order valence-electron chi connectivity index (χ0n) is 13.1. The number of rotatable bonds is 4. The van der Waals surface area contributed by atoms with E-state index in [2.05, 4.69) is 57.3 Å². The first-order chi connectivity index (χ1) is 10.2. The molecule has 1 heterocycles. The average molecular weight is 351 g/mol. The van der Waals surface area contributed by atoms with E-state index in [1.54, 1.807) is 0 Å². The molecule has 0 aromatic heterocycles. The lowest BCUT2D eigenvalue weighted by Gasteiger charge is -2.48. The summed E-state index contributed by atoms with van der Waals surface area (Å²) in [5.41, 5.74) is 1.86. The summed E-state index contributed by atoms with van der Waals surface area (Å²) in [7, 11) is 0. The SMILES string of the molecule is CCCC1CN(Cc2cccc(Br)c2)C2(CCCC2)CN1. The van der Waals surface area contributed by atoms with Crippen molar-refractivity contribution in [1.29, 1.82) is 0 Å². The van der Waals surface area contributed by atoms with Crippen LogP contribution in [-0.2, 0) is 6.54 Å². The Hall–Kier alpha value is -0.380. The highest BCUT2D eigenvalue weighted by atomic mass is 79.9. The van der Waals surface area contributed by atoms with E-state index in [0.717, 1.165) is 6.54 Å². The Morgan fingerprint density at radius 2 is 2.14 bits per heavy atom. The van der Waals surface area contributed by atoms with Gasteiger partial charge in [-0.2, -0.15) is 0 Å². The van der Waals surface area contributed by atoms with E-state index in [1.165, 1.54) is 61.7 Å². The van der Waals surface area contributed by atoms with Crippen molar-refractivity contribution in [3.8, 4) is 0 Å². The number of hydrogen-bond acceptors (Lipinski definition) is 2. The van der Waals surface area contributed by atoms with E-state index in [-0.39, 0.29) is 0 Å². The van der Waals surface area contributed by atoms with Gasteiger partial charge in [0.05, 0.1) is 0 Å². The Labute approximate surface area is 137 Å². The van der Waals surface area contributed by atoms with Crippen LogP contribution in [0.5, 0.6) is 0 Å². The van der Waals surface area contributed by atoms with Gasteiger partial charge in [0, 0.05) is 35.7 Å². The van der Waals surface area contributed by atoms with Crippen LogP contribution in [0.25, 0.3) is 0 Å². The largest absolute Gasteiger partial charge is 0.311 e. The molecule has 3 heteroatoms. The zero-order valence-corrected chi connectivity index (χ0v) is 14.7. The highest BCUT2D eigenvalue weighted by Gasteiger charge is 2.43. The van der Waals surface area contributed by atoms with E-state index < -0.39 is 0 Å². The Balaban J connectivity index is 1.76. The van der Waals surface area contributed by atoms with E-state index in [1.807, 2.05) is 0 Å². The van der Waals surface area contributed by atoms with Crippen molar-refractivity contribution < 1.29 is 0 Å². The fourth-order valence-electron chi connectivity index (χ4n) is 4.13. The molecule has 1 atom stereocenters. The lowest BCUT2D eigenvalue weighted by molar-refractivity contribution is 0.0338. The van der Waals surface area contributed by atoms with Crippen molar-refractivity contribution in [2.24, 2.45) is 0 Å². The molecule has 0 radical (unpaired) electrons. The topological polar surface area (TPSA) is 15.3 Å². The van der Waals surface area contributed by atoms with Crippen LogP contribution in [0.2, 0.25) is 0 Å². The van der Waals surface area contributed by atoms with Crippen LogP contribution < -0.4 is 5.32 Å². The Bertz CT molecular complexity index is 468. The lowest BCUT2D eigenvalue weighted by Crippen LogP contribution is -2.63. The Morgan fingerprint density at radius 3 is 2.86 bits per heavy atom. The molecule has 116 valence electrons. The van der Waals surface area contributed by atoms with Crippen molar-refractivity contribution in [2.45, 2.75) is 63.6 Å². The van der Waals surface area contributed by atoms with Crippen LogP contribution in [-0.4, -0.2) is 29.6 Å². The van der Waals surface area contributed by atoms with Crippen LogP contribution in [0.1, 0.15) is 51.0 Å². The standard InChI is InChI=1S/C18H27BrN2/c1-2-6-17-13-21(12-15-7-5-8-16(19)11-15)18(14-20-17)9-3-4-10-18/h5,7-8,11,17,20H,2-4,6,9-10,12-14H2,1H3. The van der Waals surface area contributed by atoms with Crippen LogP contribution in [0.15, 0.2) is 28.7 Å². The number of benzene rings is 1. The van der Waals surface area contributed by atoms with Gasteiger partial charge in [0.15, 0.2) is 0 Å². The molecule has 1 aromatic rings. The molecule has 1 aliphatic heterocycles. The van der Waals surface area contributed by atoms with Crippen LogP contribution in [0.3, 0.4) is 0 Å². The van der Waals surface area contributed by atoms with Gasteiger partial charge in [-0.1, -0.05) is 54.2 Å². The molecule has 3 rings (SSSR count). The molecule has 2 nitrogen and oxygen atoms in total. The van der Waals surface area contributed by atoms with Crippen LogP contribution in [0, 0.1) is 0 Å². The third-order valence-electron chi connectivity index (χ3n) is 5.27. The molecular formula is C18H27BrN2.